The maximum atomic E-state index is 13.5. The number of nitrogens with zero attached hydrogens (tertiary/aromatic N) is 3. The second kappa shape index (κ2) is 9.56. The summed E-state index contributed by atoms with van der Waals surface area (Å²) in [5.41, 5.74) is 3.45. The number of hydrogen-bond acceptors (Lipinski definition) is 4. The average Bonchev–Trinajstić information content (AvgIpc) is 2.83. The Morgan fingerprint density at radius 2 is 1.66 bits per heavy atom. The Morgan fingerprint density at radius 3 is 2.34 bits per heavy atom. The van der Waals surface area contributed by atoms with Gasteiger partial charge in [0.2, 0.25) is 5.95 Å². The lowest BCUT2D eigenvalue weighted by atomic mass is 9.98. The van der Waals surface area contributed by atoms with Gasteiger partial charge in [0.05, 0.1) is 11.3 Å². The molecule has 2 aromatic carbocycles. The largest absolute Gasteiger partial charge is 0.356 e. The van der Waals surface area contributed by atoms with E-state index in [0.29, 0.717) is 35.2 Å². The zero-order valence-electron chi connectivity index (χ0n) is 18.1. The maximum Gasteiger partial charge on any atom is 0.263 e. The summed E-state index contributed by atoms with van der Waals surface area (Å²) >= 11 is 0. The summed E-state index contributed by atoms with van der Waals surface area (Å²) in [6.45, 7) is 2.85. The standard InChI is InChI=1S/C26H25FN4O/c1-18(19-6-4-3-5-7-19)12-17-29-26-30-24(21-13-15-28-16-14-21)23(25(32)31(26)2)20-8-10-22(27)11-9-20/h3-11,13-16,18H,12,17H2,1-2H3,(H,29,30). The zero-order chi connectivity index (χ0) is 22.5. The molecule has 0 spiro atoms. The number of halogens is 1. The minimum absolute atomic E-state index is 0.197. The molecule has 1 unspecified atom stereocenters. The first-order valence-corrected chi connectivity index (χ1v) is 10.6. The quantitative estimate of drug-likeness (QED) is 0.437. The molecule has 2 heterocycles. The Hall–Kier alpha value is -3.80. The van der Waals surface area contributed by atoms with Crippen LogP contribution in [0.25, 0.3) is 22.4 Å². The van der Waals surface area contributed by atoms with Crippen molar-refractivity contribution in [3.05, 3.63) is 101 Å². The predicted octanol–water partition coefficient (Wildman–Crippen LogP) is 5.25. The monoisotopic (exact) mass is 428 g/mol. The summed E-state index contributed by atoms with van der Waals surface area (Å²) in [5.74, 6) is 0.515. The highest BCUT2D eigenvalue weighted by molar-refractivity contribution is 5.80. The van der Waals surface area contributed by atoms with Gasteiger partial charge in [-0.3, -0.25) is 14.3 Å². The molecular formula is C26H25FN4O. The number of aromatic nitrogens is 3. The Bertz CT molecular complexity index is 1240. The van der Waals surface area contributed by atoms with Crippen molar-refractivity contribution in [2.24, 2.45) is 7.05 Å². The molecule has 0 saturated carbocycles. The number of pyridine rings is 1. The molecule has 0 radical (unpaired) electrons. The fourth-order valence-corrected chi connectivity index (χ4v) is 3.70. The van der Waals surface area contributed by atoms with Crippen LogP contribution in [-0.2, 0) is 7.05 Å². The van der Waals surface area contributed by atoms with Crippen LogP contribution < -0.4 is 10.9 Å². The van der Waals surface area contributed by atoms with Crippen LogP contribution in [0.1, 0.15) is 24.8 Å². The van der Waals surface area contributed by atoms with Gasteiger partial charge in [0.1, 0.15) is 5.82 Å². The molecule has 0 amide bonds. The molecule has 0 aliphatic carbocycles. The van der Waals surface area contributed by atoms with Gasteiger partial charge in [-0.05, 0) is 47.7 Å². The molecule has 1 N–H and O–H groups in total. The molecule has 5 nitrogen and oxygen atoms in total. The SMILES string of the molecule is CC(CCNc1nc(-c2ccncc2)c(-c2ccc(F)cc2)c(=O)n1C)c1ccccc1. The summed E-state index contributed by atoms with van der Waals surface area (Å²) in [5, 5.41) is 3.33. The van der Waals surface area contributed by atoms with Gasteiger partial charge in [-0.2, -0.15) is 0 Å². The van der Waals surface area contributed by atoms with Crippen molar-refractivity contribution >= 4 is 5.95 Å². The molecule has 0 saturated heterocycles. The Labute approximate surface area is 186 Å². The fraction of sp³-hybridized carbons (Fsp3) is 0.192. The third kappa shape index (κ3) is 4.59. The van der Waals surface area contributed by atoms with Crippen molar-refractivity contribution < 1.29 is 4.39 Å². The van der Waals surface area contributed by atoms with E-state index in [-0.39, 0.29) is 11.4 Å². The topological polar surface area (TPSA) is 59.8 Å². The second-order valence-electron chi connectivity index (χ2n) is 7.79. The van der Waals surface area contributed by atoms with E-state index in [9.17, 15) is 9.18 Å². The van der Waals surface area contributed by atoms with Crippen LogP contribution in [0, 0.1) is 5.82 Å². The lowest BCUT2D eigenvalue weighted by Crippen LogP contribution is -2.25. The van der Waals surface area contributed by atoms with Crippen molar-refractivity contribution in [2.45, 2.75) is 19.3 Å². The van der Waals surface area contributed by atoms with Crippen molar-refractivity contribution in [3.8, 4) is 22.4 Å². The molecule has 162 valence electrons. The summed E-state index contributed by atoms with van der Waals surface area (Å²) in [7, 11) is 1.70. The molecule has 1 atom stereocenters. The molecule has 0 aliphatic heterocycles. The van der Waals surface area contributed by atoms with E-state index in [4.69, 9.17) is 4.98 Å². The highest BCUT2D eigenvalue weighted by Gasteiger charge is 2.18. The Kier molecular flexibility index (Phi) is 6.40. The Morgan fingerprint density at radius 1 is 0.969 bits per heavy atom. The van der Waals surface area contributed by atoms with Crippen molar-refractivity contribution in [1.29, 1.82) is 0 Å². The van der Waals surface area contributed by atoms with E-state index in [1.54, 1.807) is 31.6 Å². The molecule has 4 rings (SSSR count). The summed E-state index contributed by atoms with van der Waals surface area (Å²) in [4.78, 5) is 22.2. The summed E-state index contributed by atoms with van der Waals surface area (Å²) in [6, 6.07) is 19.9. The van der Waals surface area contributed by atoms with E-state index in [0.717, 1.165) is 12.0 Å². The van der Waals surface area contributed by atoms with Gasteiger partial charge in [0.15, 0.2) is 0 Å². The normalized spacial score (nSPS) is 11.8. The van der Waals surface area contributed by atoms with Crippen LogP contribution in [0.2, 0.25) is 0 Å². The van der Waals surface area contributed by atoms with E-state index in [2.05, 4.69) is 29.4 Å². The van der Waals surface area contributed by atoms with Crippen molar-refractivity contribution in [3.63, 3.8) is 0 Å². The molecule has 2 aromatic heterocycles. The first kappa shape index (κ1) is 21.4. The molecule has 0 aliphatic rings. The van der Waals surface area contributed by atoms with Gasteiger partial charge < -0.3 is 5.32 Å². The maximum absolute atomic E-state index is 13.5. The van der Waals surface area contributed by atoms with Crippen molar-refractivity contribution in [1.82, 2.24) is 14.5 Å². The highest BCUT2D eigenvalue weighted by Crippen LogP contribution is 2.29. The van der Waals surface area contributed by atoms with Crippen LogP contribution in [0.3, 0.4) is 0 Å². The van der Waals surface area contributed by atoms with Gasteiger partial charge in [-0.25, -0.2) is 9.37 Å². The summed E-state index contributed by atoms with van der Waals surface area (Å²) < 4.78 is 15.0. The number of rotatable bonds is 7. The van der Waals surface area contributed by atoms with Gasteiger partial charge in [-0.15, -0.1) is 0 Å². The first-order valence-electron chi connectivity index (χ1n) is 10.6. The molecule has 0 bridgehead atoms. The van der Waals surface area contributed by atoms with Gasteiger partial charge in [0.25, 0.3) is 5.56 Å². The van der Waals surface area contributed by atoms with Gasteiger partial charge in [0, 0.05) is 31.5 Å². The Balaban J connectivity index is 1.68. The molecular weight excluding hydrogens is 403 g/mol. The fourth-order valence-electron chi connectivity index (χ4n) is 3.70. The van der Waals surface area contributed by atoms with Gasteiger partial charge in [-0.1, -0.05) is 49.4 Å². The first-order chi connectivity index (χ1) is 15.5. The third-order valence-electron chi connectivity index (χ3n) is 5.61. The van der Waals surface area contributed by atoms with Crippen LogP contribution in [0.4, 0.5) is 10.3 Å². The van der Waals surface area contributed by atoms with E-state index in [1.165, 1.54) is 22.3 Å². The molecule has 0 fully saturated rings. The van der Waals surface area contributed by atoms with Gasteiger partial charge >= 0.3 is 0 Å². The zero-order valence-corrected chi connectivity index (χ0v) is 18.1. The van der Waals surface area contributed by atoms with Crippen LogP contribution >= 0.6 is 0 Å². The van der Waals surface area contributed by atoms with E-state index < -0.39 is 0 Å². The number of benzene rings is 2. The number of anilines is 1. The second-order valence-corrected chi connectivity index (χ2v) is 7.79. The van der Waals surface area contributed by atoms with Crippen LogP contribution in [0.15, 0.2) is 83.9 Å². The minimum Gasteiger partial charge on any atom is -0.356 e. The smallest absolute Gasteiger partial charge is 0.263 e. The van der Waals surface area contributed by atoms with Crippen LogP contribution in [0.5, 0.6) is 0 Å². The van der Waals surface area contributed by atoms with Crippen molar-refractivity contribution in [2.75, 3.05) is 11.9 Å². The lowest BCUT2D eigenvalue weighted by Gasteiger charge is -2.17. The lowest BCUT2D eigenvalue weighted by molar-refractivity contribution is 0.628. The average molecular weight is 429 g/mol. The summed E-state index contributed by atoms with van der Waals surface area (Å²) in [6.07, 6.45) is 4.22. The predicted molar refractivity (Wildman–Crippen MR) is 126 cm³/mol. The van der Waals surface area contributed by atoms with E-state index >= 15 is 0 Å². The third-order valence-corrected chi connectivity index (χ3v) is 5.61. The molecule has 32 heavy (non-hydrogen) atoms. The molecule has 6 heteroatoms. The highest BCUT2D eigenvalue weighted by atomic mass is 19.1. The number of nitrogens with one attached hydrogen (secondary N) is 1. The minimum atomic E-state index is -0.352. The van der Waals surface area contributed by atoms with E-state index in [1.807, 2.05) is 30.3 Å². The van der Waals surface area contributed by atoms with Crippen LogP contribution in [-0.4, -0.2) is 21.1 Å². The number of hydrogen-bond donors (Lipinski definition) is 1. The molecule has 4 aromatic rings.